The molecule has 0 amide bonds. The van der Waals surface area contributed by atoms with Crippen molar-refractivity contribution in [2.45, 2.75) is 24.8 Å². The van der Waals surface area contributed by atoms with Crippen LogP contribution in [0.2, 0.25) is 0 Å². The van der Waals surface area contributed by atoms with Crippen LogP contribution in [0.15, 0.2) is 10.3 Å². The molecule has 1 heterocycles. The number of aliphatic hydroxyl groups is 1. The van der Waals surface area contributed by atoms with E-state index in [-0.39, 0.29) is 16.3 Å². The maximum Gasteiger partial charge on any atom is 0.349 e. The molecule has 8 heteroatoms. The predicted molar refractivity (Wildman–Crippen MR) is 67.3 cm³/mol. The molecule has 0 aromatic carbocycles. The molecule has 1 aromatic heterocycles. The van der Waals surface area contributed by atoms with Gasteiger partial charge in [-0.2, -0.15) is 0 Å². The summed E-state index contributed by atoms with van der Waals surface area (Å²) in [6.45, 7) is 2.95. The van der Waals surface area contributed by atoms with Crippen molar-refractivity contribution in [3.05, 3.63) is 15.8 Å². The molecular weight excluding hydrogens is 278 g/mol. The standard InChI is InChI=1S/C10H15NO5S2/c1-6-5-17-8(10(13)16-3)9(6)18(14,15)11-4-7(2)12/h5,7,11-12H,4H2,1-3H3/t7-/m1/s1. The van der Waals surface area contributed by atoms with Gasteiger partial charge < -0.3 is 9.84 Å². The first-order chi connectivity index (χ1) is 8.29. The Balaban J connectivity index is 3.15. The number of carbonyl (C=O) groups excluding carboxylic acids is 1. The van der Waals surface area contributed by atoms with E-state index < -0.39 is 22.1 Å². The monoisotopic (exact) mass is 293 g/mol. The minimum Gasteiger partial charge on any atom is -0.465 e. The van der Waals surface area contributed by atoms with Crippen LogP contribution < -0.4 is 4.72 Å². The van der Waals surface area contributed by atoms with E-state index in [1.165, 1.54) is 14.0 Å². The fraction of sp³-hybridized carbons (Fsp3) is 0.500. The highest BCUT2D eigenvalue weighted by molar-refractivity contribution is 7.89. The first-order valence-electron chi connectivity index (χ1n) is 5.13. The highest BCUT2D eigenvalue weighted by atomic mass is 32.2. The Morgan fingerprint density at radius 3 is 2.72 bits per heavy atom. The summed E-state index contributed by atoms with van der Waals surface area (Å²) in [5.41, 5.74) is 0.471. The summed E-state index contributed by atoms with van der Waals surface area (Å²) in [6, 6.07) is 0. The maximum absolute atomic E-state index is 12.0. The van der Waals surface area contributed by atoms with Crippen LogP contribution in [0.5, 0.6) is 0 Å². The normalized spacial score (nSPS) is 13.3. The second kappa shape index (κ2) is 5.79. The van der Waals surface area contributed by atoms with E-state index in [4.69, 9.17) is 5.11 Å². The number of esters is 1. The average molecular weight is 293 g/mol. The zero-order valence-electron chi connectivity index (χ0n) is 10.3. The van der Waals surface area contributed by atoms with E-state index in [1.54, 1.807) is 12.3 Å². The fourth-order valence-electron chi connectivity index (χ4n) is 1.30. The predicted octanol–water partition coefficient (Wildman–Crippen LogP) is 0.502. The van der Waals surface area contributed by atoms with Crippen LogP contribution in [0.4, 0.5) is 0 Å². The summed E-state index contributed by atoms with van der Waals surface area (Å²) < 4.78 is 30.9. The van der Waals surface area contributed by atoms with Crippen LogP contribution in [-0.4, -0.2) is 39.3 Å². The molecule has 0 fully saturated rings. The summed E-state index contributed by atoms with van der Waals surface area (Å²) in [4.78, 5) is 11.4. The summed E-state index contributed by atoms with van der Waals surface area (Å²) in [7, 11) is -2.64. The van der Waals surface area contributed by atoms with E-state index >= 15 is 0 Å². The second-order valence-corrected chi connectivity index (χ2v) is 6.35. The number of aryl methyl sites for hydroxylation is 1. The molecule has 0 bridgehead atoms. The summed E-state index contributed by atoms with van der Waals surface area (Å²) in [6.07, 6.45) is -0.805. The first kappa shape index (κ1) is 15.1. The number of carbonyl (C=O) groups is 1. The van der Waals surface area contributed by atoms with Gasteiger partial charge in [0.05, 0.1) is 13.2 Å². The molecular formula is C10H15NO5S2. The van der Waals surface area contributed by atoms with Gasteiger partial charge in [-0.05, 0) is 24.8 Å². The third-order valence-electron chi connectivity index (χ3n) is 2.13. The van der Waals surface area contributed by atoms with Gasteiger partial charge in [0.15, 0.2) is 0 Å². The highest BCUT2D eigenvalue weighted by Gasteiger charge is 2.27. The molecule has 0 aliphatic heterocycles. The molecule has 0 unspecified atom stereocenters. The highest BCUT2D eigenvalue weighted by Crippen LogP contribution is 2.27. The number of rotatable bonds is 5. The number of hydrogen-bond acceptors (Lipinski definition) is 6. The van der Waals surface area contributed by atoms with Crippen LogP contribution in [-0.2, 0) is 14.8 Å². The van der Waals surface area contributed by atoms with Crippen molar-refractivity contribution >= 4 is 27.3 Å². The maximum atomic E-state index is 12.0. The van der Waals surface area contributed by atoms with E-state index in [2.05, 4.69) is 9.46 Å². The summed E-state index contributed by atoms with van der Waals surface area (Å²) in [5.74, 6) is -0.689. The van der Waals surface area contributed by atoms with Gasteiger partial charge in [0, 0.05) is 6.54 Å². The molecule has 1 atom stereocenters. The Kier molecular flexibility index (Phi) is 4.85. The fourth-order valence-corrected chi connectivity index (χ4v) is 4.13. The Hall–Kier alpha value is -0.960. The lowest BCUT2D eigenvalue weighted by molar-refractivity contribution is 0.0602. The first-order valence-corrected chi connectivity index (χ1v) is 7.50. The zero-order chi connectivity index (χ0) is 13.9. The number of sulfonamides is 1. The van der Waals surface area contributed by atoms with Gasteiger partial charge in [-0.25, -0.2) is 17.9 Å². The summed E-state index contributed by atoms with van der Waals surface area (Å²) >= 11 is 1.01. The minimum atomic E-state index is -3.83. The molecule has 1 aromatic rings. The Morgan fingerprint density at radius 1 is 1.61 bits per heavy atom. The molecule has 0 spiro atoms. The second-order valence-electron chi connectivity index (χ2n) is 3.77. The largest absolute Gasteiger partial charge is 0.465 e. The molecule has 102 valence electrons. The van der Waals surface area contributed by atoms with Crippen LogP contribution in [0, 0.1) is 6.92 Å². The SMILES string of the molecule is COC(=O)c1scc(C)c1S(=O)(=O)NC[C@@H](C)O. The molecule has 0 aliphatic carbocycles. The van der Waals surface area contributed by atoms with Gasteiger partial charge >= 0.3 is 5.97 Å². The molecule has 18 heavy (non-hydrogen) atoms. The molecule has 6 nitrogen and oxygen atoms in total. The van der Waals surface area contributed by atoms with E-state index in [9.17, 15) is 13.2 Å². The van der Waals surface area contributed by atoms with E-state index in [1.807, 2.05) is 0 Å². The van der Waals surface area contributed by atoms with Gasteiger partial charge in [-0.15, -0.1) is 11.3 Å². The topological polar surface area (TPSA) is 92.7 Å². The molecule has 0 saturated heterocycles. The van der Waals surface area contributed by atoms with Crippen molar-refractivity contribution in [2.24, 2.45) is 0 Å². The van der Waals surface area contributed by atoms with E-state index in [0.29, 0.717) is 5.56 Å². The quantitative estimate of drug-likeness (QED) is 0.771. The van der Waals surface area contributed by atoms with Crippen molar-refractivity contribution in [2.75, 3.05) is 13.7 Å². The Labute approximate surface area is 110 Å². The van der Waals surface area contributed by atoms with Crippen molar-refractivity contribution < 1.29 is 23.1 Å². The lowest BCUT2D eigenvalue weighted by Gasteiger charge is -2.09. The lowest BCUT2D eigenvalue weighted by atomic mass is 10.3. The number of aliphatic hydroxyl groups excluding tert-OH is 1. The Bertz CT molecular complexity index is 532. The van der Waals surface area contributed by atoms with E-state index in [0.717, 1.165) is 11.3 Å². The summed E-state index contributed by atoms with van der Waals surface area (Å²) in [5, 5.41) is 10.7. The van der Waals surface area contributed by atoms with Crippen molar-refractivity contribution in [1.82, 2.24) is 4.72 Å². The number of hydrogen-bond donors (Lipinski definition) is 2. The van der Waals surface area contributed by atoms with Crippen LogP contribution in [0.25, 0.3) is 0 Å². The smallest absolute Gasteiger partial charge is 0.349 e. The van der Waals surface area contributed by atoms with Crippen molar-refractivity contribution in [1.29, 1.82) is 0 Å². The van der Waals surface area contributed by atoms with Gasteiger partial charge in [-0.3, -0.25) is 0 Å². The molecule has 2 N–H and O–H groups in total. The van der Waals surface area contributed by atoms with Gasteiger partial charge in [-0.1, -0.05) is 0 Å². The number of thiophene rings is 1. The van der Waals surface area contributed by atoms with Gasteiger partial charge in [0.25, 0.3) is 0 Å². The molecule has 1 rings (SSSR count). The lowest BCUT2D eigenvalue weighted by Crippen LogP contribution is -2.31. The molecule has 0 saturated carbocycles. The average Bonchev–Trinajstić information content (AvgIpc) is 2.68. The van der Waals surface area contributed by atoms with Crippen molar-refractivity contribution in [3.63, 3.8) is 0 Å². The van der Waals surface area contributed by atoms with Crippen LogP contribution in [0.1, 0.15) is 22.2 Å². The number of methoxy groups -OCH3 is 1. The zero-order valence-corrected chi connectivity index (χ0v) is 11.9. The van der Waals surface area contributed by atoms with Gasteiger partial charge in [0.1, 0.15) is 9.77 Å². The Morgan fingerprint density at radius 2 is 2.22 bits per heavy atom. The van der Waals surface area contributed by atoms with Crippen molar-refractivity contribution in [3.8, 4) is 0 Å². The number of ether oxygens (including phenoxy) is 1. The minimum absolute atomic E-state index is 0.0353. The third-order valence-corrected chi connectivity index (χ3v) is 4.94. The van der Waals surface area contributed by atoms with Crippen LogP contribution >= 0.6 is 11.3 Å². The third kappa shape index (κ3) is 3.29. The molecule has 0 radical (unpaired) electrons. The van der Waals surface area contributed by atoms with Crippen LogP contribution in [0.3, 0.4) is 0 Å². The number of nitrogens with one attached hydrogen (secondary N) is 1. The van der Waals surface area contributed by atoms with Gasteiger partial charge in [0.2, 0.25) is 10.0 Å². The molecule has 0 aliphatic rings.